The van der Waals surface area contributed by atoms with Gasteiger partial charge in [-0.1, -0.05) is 30.3 Å². The highest BCUT2D eigenvalue weighted by molar-refractivity contribution is 5.17. The molecule has 2 nitrogen and oxygen atoms in total. The van der Waals surface area contributed by atoms with Gasteiger partial charge in [0.1, 0.15) is 0 Å². The van der Waals surface area contributed by atoms with Crippen molar-refractivity contribution >= 4 is 0 Å². The molecule has 1 aromatic carbocycles. The maximum atomic E-state index is 5.47. The molecule has 0 aliphatic rings. The van der Waals surface area contributed by atoms with Gasteiger partial charge in [0, 0.05) is 12.6 Å². The maximum absolute atomic E-state index is 5.47. The molecular weight excluding hydrogens is 186 g/mol. The lowest BCUT2D eigenvalue weighted by Gasteiger charge is -2.15. The first-order chi connectivity index (χ1) is 7.20. The largest absolute Gasteiger partial charge is 0.377 e. The van der Waals surface area contributed by atoms with Crippen LogP contribution in [0.5, 0.6) is 0 Å². The highest BCUT2D eigenvalue weighted by Gasteiger charge is 2.02. The summed E-state index contributed by atoms with van der Waals surface area (Å²) in [5, 5.41) is 3.43. The molecule has 15 heavy (non-hydrogen) atoms. The molecule has 0 amide bonds. The Balaban J connectivity index is 2.22. The Bertz CT molecular complexity index is 258. The zero-order valence-electron chi connectivity index (χ0n) is 9.86. The van der Waals surface area contributed by atoms with Crippen molar-refractivity contribution < 1.29 is 4.74 Å². The molecule has 0 aromatic heterocycles. The fourth-order valence-electron chi connectivity index (χ4n) is 1.43. The highest BCUT2D eigenvalue weighted by atomic mass is 16.5. The van der Waals surface area contributed by atoms with E-state index in [1.807, 2.05) is 6.07 Å². The second kappa shape index (κ2) is 6.59. The van der Waals surface area contributed by atoms with Crippen molar-refractivity contribution in [3.8, 4) is 0 Å². The summed E-state index contributed by atoms with van der Waals surface area (Å²) >= 11 is 0. The predicted molar refractivity (Wildman–Crippen MR) is 63.9 cm³/mol. The molecule has 0 unspecified atom stereocenters. The summed E-state index contributed by atoms with van der Waals surface area (Å²) in [5.74, 6) is 0. The molecule has 0 saturated heterocycles. The maximum Gasteiger partial charge on any atom is 0.0594 e. The second-order valence-electron chi connectivity index (χ2n) is 4.01. The lowest BCUT2D eigenvalue weighted by molar-refractivity contribution is 0.0796. The molecule has 0 radical (unpaired) electrons. The molecule has 84 valence electrons. The zero-order valence-corrected chi connectivity index (χ0v) is 9.86. The number of hydrogen-bond donors (Lipinski definition) is 1. The van der Waals surface area contributed by atoms with Gasteiger partial charge >= 0.3 is 0 Å². The zero-order chi connectivity index (χ0) is 11.1. The fraction of sp³-hybridized carbons (Fsp3) is 0.538. The van der Waals surface area contributed by atoms with Crippen LogP contribution in [0.4, 0.5) is 0 Å². The lowest BCUT2D eigenvalue weighted by Crippen LogP contribution is -2.24. The smallest absolute Gasteiger partial charge is 0.0594 e. The third kappa shape index (κ3) is 4.96. The Kier molecular flexibility index (Phi) is 5.37. The Morgan fingerprint density at radius 3 is 2.40 bits per heavy atom. The molecule has 0 spiro atoms. The third-order valence-corrected chi connectivity index (χ3v) is 2.30. The Morgan fingerprint density at radius 1 is 1.13 bits per heavy atom. The van der Waals surface area contributed by atoms with E-state index in [2.05, 4.69) is 50.4 Å². The SMILES string of the molecule is CC(C)OCCN[C@@H](C)c1ccccc1. The van der Waals surface area contributed by atoms with Gasteiger partial charge in [-0.3, -0.25) is 0 Å². The quantitative estimate of drug-likeness (QED) is 0.724. The van der Waals surface area contributed by atoms with Crippen LogP contribution in [-0.2, 0) is 4.74 Å². The van der Waals surface area contributed by atoms with Gasteiger partial charge in [0.15, 0.2) is 0 Å². The first-order valence-corrected chi connectivity index (χ1v) is 5.60. The summed E-state index contributed by atoms with van der Waals surface area (Å²) in [4.78, 5) is 0. The Morgan fingerprint density at radius 2 is 1.80 bits per heavy atom. The van der Waals surface area contributed by atoms with Crippen LogP contribution in [0.15, 0.2) is 30.3 Å². The summed E-state index contributed by atoms with van der Waals surface area (Å²) in [6.07, 6.45) is 0.318. The molecule has 0 heterocycles. The van der Waals surface area contributed by atoms with Crippen molar-refractivity contribution in [1.82, 2.24) is 5.32 Å². The van der Waals surface area contributed by atoms with Gasteiger partial charge in [-0.05, 0) is 26.3 Å². The van der Waals surface area contributed by atoms with Gasteiger partial charge in [0.05, 0.1) is 12.7 Å². The van der Waals surface area contributed by atoms with Crippen LogP contribution in [0.25, 0.3) is 0 Å². The van der Waals surface area contributed by atoms with Gasteiger partial charge in [0.25, 0.3) is 0 Å². The first kappa shape index (κ1) is 12.2. The number of hydrogen-bond acceptors (Lipinski definition) is 2. The van der Waals surface area contributed by atoms with Crippen LogP contribution >= 0.6 is 0 Å². The van der Waals surface area contributed by atoms with Gasteiger partial charge in [0.2, 0.25) is 0 Å². The van der Waals surface area contributed by atoms with E-state index in [-0.39, 0.29) is 0 Å². The van der Waals surface area contributed by atoms with Crippen molar-refractivity contribution in [2.75, 3.05) is 13.2 Å². The van der Waals surface area contributed by atoms with Crippen molar-refractivity contribution in [3.63, 3.8) is 0 Å². The average molecular weight is 207 g/mol. The number of nitrogens with one attached hydrogen (secondary N) is 1. The molecule has 0 bridgehead atoms. The second-order valence-corrected chi connectivity index (χ2v) is 4.01. The molecule has 0 aliphatic heterocycles. The van der Waals surface area contributed by atoms with Crippen molar-refractivity contribution in [1.29, 1.82) is 0 Å². The van der Waals surface area contributed by atoms with Crippen LogP contribution in [0.3, 0.4) is 0 Å². The van der Waals surface area contributed by atoms with E-state index >= 15 is 0 Å². The van der Waals surface area contributed by atoms with Gasteiger partial charge in [-0.15, -0.1) is 0 Å². The van der Waals surface area contributed by atoms with E-state index < -0.39 is 0 Å². The molecule has 0 fully saturated rings. The molecule has 2 heteroatoms. The fourth-order valence-corrected chi connectivity index (χ4v) is 1.43. The summed E-state index contributed by atoms with van der Waals surface area (Å²) < 4.78 is 5.47. The minimum atomic E-state index is 0.318. The van der Waals surface area contributed by atoms with Crippen molar-refractivity contribution in [2.24, 2.45) is 0 Å². The van der Waals surface area contributed by atoms with Gasteiger partial charge in [-0.25, -0.2) is 0 Å². The molecule has 1 aromatic rings. The summed E-state index contributed by atoms with van der Waals surface area (Å²) in [5.41, 5.74) is 1.32. The standard InChI is InChI=1S/C13H21NO/c1-11(2)15-10-9-14-12(3)13-7-5-4-6-8-13/h4-8,11-12,14H,9-10H2,1-3H3/t12-/m0/s1. The molecule has 0 aliphatic carbocycles. The Labute approximate surface area is 92.6 Å². The molecule has 0 saturated carbocycles. The Hall–Kier alpha value is -0.860. The normalized spacial score (nSPS) is 13.1. The minimum absolute atomic E-state index is 0.318. The lowest BCUT2D eigenvalue weighted by atomic mass is 10.1. The monoisotopic (exact) mass is 207 g/mol. The van der Waals surface area contributed by atoms with E-state index in [0.717, 1.165) is 13.2 Å². The van der Waals surface area contributed by atoms with Gasteiger partial charge in [-0.2, -0.15) is 0 Å². The molecule has 1 rings (SSSR count). The summed E-state index contributed by atoms with van der Waals surface area (Å²) in [7, 11) is 0. The van der Waals surface area contributed by atoms with Crippen LogP contribution in [0.2, 0.25) is 0 Å². The first-order valence-electron chi connectivity index (χ1n) is 5.60. The minimum Gasteiger partial charge on any atom is -0.377 e. The third-order valence-electron chi connectivity index (χ3n) is 2.30. The molecular formula is C13H21NO. The predicted octanol–water partition coefficient (Wildman–Crippen LogP) is 2.76. The van der Waals surface area contributed by atoms with E-state index in [4.69, 9.17) is 4.74 Å². The summed E-state index contributed by atoms with van der Waals surface area (Å²) in [6, 6.07) is 10.8. The summed E-state index contributed by atoms with van der Waals surface area (Å²) in [6.45, 7) is 7.95. The molecule has 1 atom stereocenters. The van der Waals surface area contributed by atoms with Crippen LogP contribution < -0.4 is 5.32 Å². The number of rotatable bonds is 6. The van der Waals surface area contributed by atoms with E-state index in [9.17, 15) is 0 Å². The van der Waals surface area contributed by atoms with Crippen molar-refractivity contribution in [3.05, 3.63) is 35.9 Å². The van der Waals surface area contributed by atoms with E-state index in [0.29, 0.717) is 12.1 Å². The number of benzene rings is 1. The average Bonchev–Trinajstić information content (AvgIpc) is 2.25. The topological polar surface area (TPSA) is 21.3 Å². The van der Waals surface area contributed by atoms with Gasteiger partial charge < -0.3 is 10.1 Å². The van der Waals surface area contributed by atoms with Crippen LogP contribution in [0, 0.1) is 0 Å². The van der Waals surface area contributed by atoms with Crippen molar-refractivity contribution in [2.45, 2.75) is 32.9 Å². The van der Waals surface area contributed by atoms with E-state index in [1.165, 1.54) is 5.56 Å². The van der Waals surface area contributed by atoms with Crippen LogP contribution in [-0.4, -0.2) is 19.3 Å². The number of ether oxygens (including phenoxy) is 1. The van der Waals surface area contributed by atoms with E-state index in [1.54, 1.807) is 0 Å². The molecule has 1 N–H and O–H groups in total. The van der Waals surface area contributed by atoms with Crippen LogP contribution in [0.1, 0.15) is 32.4 Å². The highest BCUT2D eigenvalue weighted by Crippen LogP contribution is 2.10.